The molecule has 0 bridgehead atoms. The Bertz CT molecular complexity index is 1460. The first-order valence-electron chi connectivity index (χ1n) is 17.4. The van der Waals surface area contributed by atoms with Gasteiger partial charge in [0, 0.05) is 81.6 Å². The van der Waals surface area contributed by atoms with Crippen LogP contribution in [0.5, 0.6) is 0 Å². The predicted octanol–water partition coefficient (Wildman–Crippen LogP) is 5.34. The zero-order valence-electron chi connectivity index (χ0n) is 27.9. The van der Waals surface area contributed by atoms with Crippen molar-refractivity contribution in [2.24, 2.45) is 5.92 Å². The van der Waals surface area contributed by atoms with Gasteiger partial charge in [-0.05, 0) is 58.2 Å². The molecule has 1 aromatic heterocycles. The van der Waals surface area contributed by atoms with Crippen LogP contribution in [0.4, 0.5) is 4.79 Å². The summed E-state index contributed by atoms with van der Waals surface area (Å²) in [6.07, 6.45) is 3.74. The summed E-state index contributed by atoms with van der Waals surface area (Å²) in [7, 11) is 0. The lowest BCUT2D eigenvalue weighted by Gasteiger charge is -2.43. The lowest BCUT2D eigenvalue weighted by Crippen LogP contribution is -2.56. The Morgan fingerprint density at radius 2 is 1.26 bits per heavy atom. The van der Waals surface area contributed by atoms with Gasteiger partial charge in [0.25, 0.3) is 5.91 Å². The van der Waals surface area contributed by atoms with E-state index < -0.39 is 0 Å². The van der Waals surface area contributed by atoms with Crippen molar-refractivity contribution in [2.75, 3.05) is 65.4 Å². The fraction of sp³-hybridized carbons (Fsp3) is 0.474. The number of carbonyl (C=O) groups excluding carboxylic acids is 3. The van der Waals surface area contributed by atoms with Gasteiger partial charge in [0.1, 0.15) is 0 Å². The predicted molar refractivity (Wildman–Crippen MR) is 185 cm³/mol. The van der Waals surface area contributed by atoms with Crippen LogP contribution in [0, 0.1) is 5.92 Å². The number of likely N-dealkylation sites (tertiary alicyclic amines) is 2. The molecule has 3 aliphatic rings. The van der Waals surface area contributed by atoms with Crippen LogP contribution >= 0.6 is 0 Å². The fourth-order valence-electron chi connectivity index (χ4n) is 7.39. The van der Waals surface area contributed by atoms with Crippen LogP contribution in [0.15, 0.2) is 72.8 Å². The fourth-order valence-corrected chi connectivity index (χ4v) is 7.39. The van der Waals surface area contributed by atoms with Crippen LogP contribution in [-0.2, 0) is 4.79 Å². The molecule has 1 atom stereocenters. The van der Waals surface area contributed by atoms with Gasteiger partial charge in [-0.3, -0.25) is 14.5 Å². The van der Waals surface area contributed by atoms with Crippen LogP contribution in [-0.4, -0.2) is 119 Å². The number of amides is 4. The molecule has 0 spiro atoms. The van der Waals surface area contributed by atoms with Crippen LogP contribution in [0.3, 0.4) is 0 Å². The maximum Gasteiger partial charge on any atom is 0.320 e. The molecule has 248 valence electrons. The number of nitrogens with zero attached hydrogens (tertiary/aromatic N) is 6. The van der Waals surface area contributed by atoms with Gasteiger partial charge in [-0.15, -0.1) is 0 Å². The summed E-state index contributed by atoms with van der Waals surface area (Å²) in [5.41, 5.74) is 4.24. The monoisotopic (exact) mass is 636 g/mol. The van der Waals surface area contributed by atoms with Crippen LogP contribution in [0.25, 0.3) is 22.5 Å². The third-order valence-corrected chi connectivity index (χ3v) is 10.2. The molecule has 4 amide bonds. The smallest absolute Gasteiger partial charge is 0.320 e. The summed E-state index contributed by atoms with van der Waals surface area (Å²) >= 11 is 0. The van der Waals surface area contributed by atoms with Gasteiger partial charge >= 0.3 is 6.03 Å². The second-order valence-electron chi connectivity index (χ2n) is 13.0. The number of piperidine rings is 2. The van der Waals surface area contributed by atoms with Crippen molar-refractivity contribution in [3.05, 3.63) is 78.4 Å². The average molecular weight is 637 g/mol. The first-order valence-corrected chi connectivity index (χ1v) is 17.4. The highest BCUT2D eigenvalue weighted by molar-refractivity contribution is 5.96. The van der Waals surface area contributed by atoms with E-state index in [2.05, 4.69) is 4.90 Å². The summed E-state index contributed by atoms with van der Waals surface area (Å²) in [6, 6.07) is 24.4. The molecule has 3 saturated heterocycles. The van der Waals surface area contributed by atoms with Crippen molar-refractivity contribution in [1.82, 2.24) is 29.5 Å². The van der Waals surface area contributed by atoms with Crippen LogP contribution in [0.2, 0.25) is 0 Å². The first kappa shape index (κ1) is 32.7. The summed E-state index contributed by atoms with van der Waals surface area (Å²) < 4.78 is 0. The number of aromatic nitrogens is 1. The molecule has 9 heteroatoms. The summed E-state index contributed by atoms with van der Waals surface area (Å²) in [5.74, 6) is 0.280. The Kier molecular flexibility index (Phi) is 10.5. The van der Waals surface area contributed by atoms with E-state index in [1.165, 1.54) is 0 Å². The van der Waals surface area contributed by atoms with Gasteiger partial charge in [-0.25, -0.2) is 9.78 Å². The van der Waals surface area contributed by atoms with Crippen molar-refractivity contribution >= 4 is 17.8 Å². The summed E-state index contributed by atoms with van der Waals surface area (Å²) in [6.45, 7) is 11.0. The van der Waals surface area contributed by atoms with Crippen LogP contribution in [0.1, 0.15) is 49.9 Å². The summed E-state index contributed by atoms with van der Waals surface area (Å²) in [4.78, 5) is 55.4. The first-order chi connectivity index (χ1) is 22.9. The normalized spacial score (nSPS) is 19.4. The van der Waals surface area contributed by atoms with Crippen LogP contribution < -0.4 is 0 Å². The van der Waals surface area contributed by atoms with E-state index in [1.54, 1.807) is 0 Å². The van der Waals surface area contributed by atoms with E-state index in [0.717, 1.165) is 61.3 Å². The molecule has 47 heavy (non-hydrogen) atoms. The molecular formula is C38H48N6O3. The number of urea groups is 1. The van der Waals surface area contributed by atoms with Gasteiger partial charge in [0.2, 0.25) is 5.91 Å². The molecule has 3 fully saturated rings. The molecule has 0 saturated carbocycles. The zero-order chi connectivity index (χ0) is 32.8. The number of benzene rings is 2. The van der Waals surface area contributed by atoms with E-state index in [1.807, 2.05) is 106 Å². The Morgan fingerprint density at radius 3 is 1.81 bits per heavy atom. The standard InChI is InChI=1S/C38H48N6O3/c1-3-40(4-2)38(47)43-24-22-42(23-25-43)36(45)31-16-11-19-44(28-31)33-17-20-41(21-18-33)37(46)32-26-34(29-12-7-5-8-13-29)39-35(27-32)30-14-9-6-10-15-30/h5-10,12-15,26-27,31,33H,3-4,11,16-25,28H2,1-2H3/t31-/m1/s1. The third-order valence-electron chi connectivity index (χ3n) is 10.2. The molecule has 3 aromatic rings. The minimum atomic E-state index is -0.00178. The topological polar surface area (TPSA) is 80.3 Å². The van der Waals surface area contributed by atoms with E-state index in [-0.39, 0.29) is 23.8 Å². The van der Waals surface area contributed by atoms with E-state index >= 15 is 0 Å². The molecule has 9 nitrogen and oxygen atoms in total. The Morgan fingerprint density at radius 1 is 0.702 bits per heavy atom. The number of hydrogen-bond donors (Lipinski definition) is 0. The highest BCUT2D eigenvalue weighted by atomic mass is 16.2. The van der Waals surface area contributed by atoms with Gasteiger partial charge in [-0.1, -0.05) is 60.7 Å². The third kappa shape index (κ3) is 7.51. The van der Waals surface area contributed by atoms with E-state index in [9.17, 15) is 14.4 Å². The Labute approximate surface area is 279 Å². The van der Waals surface area contributed by atoms with Gasteiger partial charge in [0.15, 0.2) is 0 Å². The number of rotatable bonds is 7. The second-order valence-corrected chi connectivity index (χ2v) is 13.0. The maximum atomic E-state index is 13.9. The molecule has 6 rings (SSSR count). The molecule has 0 N–H and O–H groups in total. The molecule has 3 aliphatic heterocycles. The number of carbonyl (C=O) groups is 3. The maximum absolute atomic E-state index is 13.9. The second kappa shape index (κ2) is 15.1. The Hall–Kier alpha value is -4.24. The van der Waals surface area contributed by atoms with Gasteiger partial charge in [-0.2, -0.15) is 0 Å². The lowest BCUT2D eigenvalue weighted by atomic mass is 9.92. The molecule has 4 heterocycles. The molecule has 0 unspecified atom stereocenters. The quantitative estimate of drug-likeness (QED) is 0.350. The van der Waals surface area contributed by atoms with Gasteiger partial charge in [0.05, 0.1) is 17.3 Å². The minimum Gasteiger partial charge on any atom is -0.339 e. The lowest BCUT2D eigenvalue weighted by molar-refractivity contribution is -0.139. The highest BCUT2D eigenvalue weighted by Crippen LogP contribution is 2.29. The molecule has 0 radical (unpaired) electrons. The highest BCUT2D eigenvalue weighted by Gasteiger charge is 2.36. The average Bonchev–Trinajstić information content (AvgIpc) is 3.15. The van der Waals surface area contributed by atoms with Crippen molar-refractivity contribution < 1.29 is 14.4 Å². The molecular weight excluding hydrogens is 588 g/mol. The Balaban J connectivity index is 1.06. The molecule has 2 aromatic carbocycles. The summed E-state index contributed by atoms with van der Waals surface area (Å²) in [5, 5.41) is 0. The molecule has 0 aliphatic carbocycles. The van der Waals surface area contributed by atoms with Gasteiger partial charge < -0.3 is 19.6 Å². The minimum absolute atomic E-state index is 0.00178. The number of hydrogen-bond acceptors (Lipinski definition) is 5. The van der Waals surface area contributed by atoms with Crippen molar-refractivity contribution in [3.8, 4) is 22.5 Å². The zero-order valence-corrected chi connectivity index (χ0v) is 27.9. The van der Waals surface area contributed by atoms with Crippen molar-refractivity contribution in [2.45, 2.75) is 45.6 Å². The van der Waals surface area contributed by atoms with Crippen molar-refractivity contribution in [1.29, 1.82) is 0 Å². The van der Waals surface area contributed by atoms with Crippen molar-refractivity contribution in [3.63, 3.8) is 0 Å². The van der Waals surface area contributed by atoms with E-state index in [0.29, 0.717) is 64.0 Å². The van der Waals surface area contributed by atoms with E-state index in [4.69, 9.17) is 4.98 Å². The number of piperazine rings is 1. The number of pyridine rings is 1. The SMILES string of the molecule is CCN(CC)C(=O)N1CCN(C(=O)[C@@H]2CCCN(C3CCN(C(=O)c4cc(-c5ccccc5)nc(-c5ccccc5)c4)CC3)C2)CC1. The largest absolute Gasteiger partial charge is 0.339 e.